The number of hydrogen-bond donors (Lipinski definition) is 1. The molecule has 2 aromatic carbocycles. The molecule has 10 nitrogen and oxygen atoms in total. The van der Waals surface area contributed by atoms with Crippen molar-refractivity contribution in [2.45, 2.75) is 5.51 Å². The molecule has 1 N–H and O–H groups in total. The molecule has 0 radical (unpaired) electrons. The Morgan fingerprint density at radius 1 is 0.972 bits per heavy atom. The molecule has 14 heteroatoms. The van der Waals surface area contributed by atoms with Crippen molar-refractivity contribution in [3.63, 3.8) is 0 Å². The van der Waals surface area contributed by atoms with Gasteiger partial charge in [0.05, 0.1) is 31.0 Å². The molecular formula is C22H17F3N4O6S. The van der Waals surface area contributed by atoms with Gasteiger partial charge in [0.1, 0.15) is 11.5 Å². The fourth-order valence-electron chi connectivity index (χ4n) is 3.24. The second-order valence-electron chi connectivity index (χ2n) is 7.12. The summed E-state index contributed by atoms with van der Waals surface area (Å²) < 4.78 is 78.0. The lowest BCUT2D eigenvalue weighted by Gasteiger charge is -2.16. The van der Waals surface area contributed by atoms with E-state index >= 15 is 0 Å². The van der Waals surface area contributed by atoms with Gasteiger partial charge in [-0.25, -0.2) is 4.98 Å². The monoisotopic (exact) mass is 522 g/mol. The zero-order valence-corrected chi connectivity index (χ0v) is 19.4. The summed E-state index contributed by atoms with van der Waals surface area (Å²) in [4.78, 5) is 21.4. The van der Waals surface area contributed by atoms with Crippen LogP contribution in [0.15, 0.2) is 65.6 Å². The Balaban J connectivity index is 1.95. The van der Waals surface area contributed by atoms with Crippen LogP contribution in [0.3, 0.4) is 0 Å². The molecule has 0 unspecified atom stereocenters. The Morgan fingerprint density at radius 2 is 1.72 bits per heavy atom. The number of rotatable bonds is 7. The van der Waals surface area contributed by atoms with E-state index in [1.807, 2.05) is 0 Å². The third kappa shape index (κ3) is 4.75. The summed E-state index contributed by atoms with van der Waals surface area (Å²) in [5, 5.41) is 2.63. The Bertz CT molecular complexity index is 1610. The summed E-state index contributed by atoms with van der Waals surface area (Å²) in [5.74, 6) is -0.108. The quantitative estimate of drug-likeness (QED) is 0.286. The molecule has 0 atom stereocenters. The van der Waals surface area contributed by atoms with Gasteiger partial charge in [-0.1, -0.05) is 18.2 Å². The number of anilines is 2. The number of nitrogens with one attached hydrogen (secondary N) is 1. The highest BCUT2D eigenvalue weighted by atomic mass is 32.2. The lowest BCUT2D eigenvalue weighted by molar-refractivity contribution is -0.0499. The van der Waals surface area contributed by atoms with Gasteiger partial charge in [-0.2, -0.15) is 26.6 Å². The fraction of sp³-hybridized carbons (Fsp3) is 0.136. The van der Waals surface area contributed by atoms with E-state index in [4.69, 9.17) is 9.47 Å². The average Bonchev–Trinajstić information content (AvgIpc) is 2.83. The van der Waals surface area contributed by atoms with Crippen molar-refractivity contribution in [1.82, 2.24) is 14.5 Å². The van der Waals surface area contributed by atoms with Crippen LogP contribution in [0.5, 0.6) is 17.2 Å². The number of methoxy groups -OCH3 is 2. The maximum absolute atomic E-state index is 13.0. The zero-order valence-electron chi connectivity index (χ0n) is 18.6. The maximum Gasteiger partial charge on any atom is 0.534 e. The molecule has 4 aromatic rings. The first-order valence-corrected chi connectivity index (χ1v) is 11.4. The van der Waals surface area contributed by atoms with E-state index in [0.717, 1.165) is 10.8 Å². The Hall–Kier alpha value is -4.33. The van der Waals surface area contributed by atoms with E-state index in [-0.39, 0.29) is 22.7 Å². The van der Waals surface area contributed by atoms with Crippen LogP contribution in [0, 0.1) is 0 Å². The predicted molar refractivity (Wildman–Crippen MR) is 124 cm³/mol. The number of benzene rings is 2. The van der Waals surface area contributed by atoms with Crippen LogP contribution < -0.4 is 24.5 Å². The van der Waals surface area contributed by atoms with Crippen molar-refractivity contribution in [1.29, 1.82) is 0 Å². The first-order valence-electron chi connectivity index (χ1n) is 10.0. The van der Waals surface area contributed by atoms with Gasteiger partial charge in [-0.15, -0.1) is 0 Å². The summed E-state index contributed by atoms with van der Waals surface area (Å²) in [6.07, 6.45) is 1.04. The van der Waals surface area contributed by atoms with Gasteiger partial charge in [0.15, 0.2) is 11.4 Å². The minimum Gasteiger partial charge on any atom is -0.497 e. The highest BCUT2D eigenvalue weighted by molar-refractivity contribution is 7.88. The minimum absolute atomic E-state index is 0.0566. The molecule has 0 saturated carbocycles. The molecule has 0 aliphatic carbocycles. The number of alkyl halides is 3. The summed E-state index contributed by atoms with van der Waals surface area (Å²) in [7, 11) is -3.21. The normalized spacial score (nSPS) is 11.8. The van der Waals surface area contributed by atoms with Gasteiger partial charge in [0.25, 0.3) is 5.56 Å². The van der Waals surface area contributed by atoms with E-state index < -0.39 is 26.9 Å². The molecular weight excluding hydrogens is 505 g/mol. The lowest BCUT2D eigenvalue weighted by atomic mass is 10.2. The highest BCUT2D eigenvalue weighted by Gasteiger charge is 2.49. The summed E-state index contributed by atoms with van der Waals surface area (Å²) in [6.45, 7) is 0. The number of halogens is 3. The van der Waals surface area contributed by atoms with Crippen molar-refractivity contribution < 1.29 is 35.2 Å². The SMILES string of the molecule is COc1cccc(-n2c(=O)cc(OS(=O)(=O)C(F)(F)F)c3cnc(Nc4ccccc4OC)nc32)c1. The largest absolute Gasteiger partial charge is 0.534 e. The van der Waals surface area contributed by atoms with Gasteiger partial charge in [0.2, 0.25) is 5.95 Å². The second-order valence-corrected chi connectivity index (χ2v) is 8.66. The average molecular weight is 522 g/mol. The minimum atomic E-state index is -6.07. The van der Waals surface area contributed by atoms with Crippen LogP contribution in [0.1, 0.15) is 0 Å². The zero-order chi connectivity index (χ0) is 26.1. The van der Waals surface area contributed by atoms with Crippen molar-refractivity contribution >= 4 is 32.8 Å². The molecule has 0 amide bonds. The number of pyridine rings is 1. The topological polar surface area (TPSA) is 122 Å². The number of nitrogens with zero attached hydrogens (tertiary/aromatic N) is 3. The van der Waals surface area contributed by atoms with Gasteiger partial charge in [-0.3, -0.25) is 9.36 Å². The smallest absolute Gasteiger partial charge is 0.497 e. The molecule has 0 bridgehead atoms. The molecule has 0 spiro atoms. The first-order chi connectivity index (χ1) is 17.0. The molecule has 36 heavy (non-hydrogen) atoms. The van der Waals surface area contributed by atoms with E-state index in [1.54, 1.807) is 36.4 Å². The van der Waals surface area contributed by atoms with Crippen LogP contribution in [0.4, 0.5) is 24.8 Å². The van der Waals surface area contributed by atoms with Crippen LogP contribution >= 0.6 is 0 Å². The van der Waals surface area contributed by atoms with Crippen LogP contribution in [-0.4, -0.2) is 42.7 Å². The second kappa shape index (κ2) is 9.37. The highest BCUT2D eigenvalue weighted by Crippen LogP contribution is 2.32. The standard InChI is InChI=1S/C22H17F3N4O6S/c1-33-14-7-5-6-13(10-14)29-19(30)11-18(35-36(31,32)22(23,24)25)15-12-26-21(28-20(15)29)27-16-8-3-4-9-17(16)34-2/h3-12H,1-2H3,(H,26,27,28). The molecule has 2 heterocycles. The summed E-state index contributed by atoms with van der Waals surface area (Å²) in [6, 6.07) is 13.6. The maximum atomic E-state index is 13.0. The third-order valence-corrected chi connectivity index (χ3v) is 5.83. The summed E-state index contributed by atoms with van der Waals surface area (Å²) in [5.41, 5.74) is -6.15. The van der Waals surface area contributed by atoms with Gasteiger partial charge in [0, 0.05) is 18.3 Å². The van der Waals surface area contributed by atoms with Crippen molar-refractivity contribution in [2.24, 2.45) is 0 Å². The Morgan fingerprint density at radius 3 is 2.42 bits per heavy atom. The fourth-order valence-corrected chi connectivity index (χ4v) is 3.71. The van der Waals surface area contributed by atoms with Crippen molar-refractivity contribution in [3.8, 4) is 22.9 Å². The van der Waals surface area contributed by atoms with E-state index in [9.17, 15) is 26.4 Å². The molecule has 0 saturated heterocycles. The Labute approximate surface area is 202 Å². The lowest BCUT2D eigenvalue weighted by Crippen LogP contribution is -2.29. The Kier molecular flexibility index (Phi) is 6.45. The number of aromatic nitrogens is 3. The number of para-hydroxylation sites is 2. The first kappa shape index (κ1) is 24.8. The van der Waals surface area contributed by atoms with Gasteiger partial charge in [-0.05, 0) is 24.3 Å². The molecule has 188 valence electrons. The van der Waals surface area contributed by atoms with Crippen LogP contribution in [0.2, 0.25) is 0 Å². The number of fused-ring (bicyclic) bond motifs is 1. The van der Waals surface area contributed by atoms with Gasteiger partial charge >= 0.3 is 15.6 Å². The van der Waals surface area contributed by atoms with Gasteiger partial charge < -0.3 is 19.0 Å². The molecule has 0 aliphatic heterocycles. The van der Waals surface area contributed by atoms with E-state index in [0.29, 0.717) is 23.3 Å². The van der Waals surface area contributed by atoms with Crippen LogP contribution in [0.25, 0.3) is 16.7 Å². The van der Waals surface area contributed by atoms with E-state index in [1.165, 1.54) is 26.4 Å². The molecule has 0 fully saturated rings. The molecule has 2 aromatic heterocycles. The number of hydrogen-bond acceptors (Lipinski definition) is 9. The third-order valence-electron chi connectivity index (χ3n) is 4.87. The molecule has 0 aliphatic rings. The van der Waals surface area contributed by atoms with Crippen molar-refractivity contribution in [3.05, 3.63) is 71.1 Å². The summed E-state index contributed by atoms with van der Waals surface area (Å²) >= 11 is 0. The van der Waals surface area contributed by atoms with E-state index in [2.05, 4.69) is 19.5 Å². The van der Waals surface area contributed by atoms with Crippen LogP contribution in [-0.2, 0) is 10.1 Å². The number of ether oxygens (including phenoxy) is 2. The van der Waals surface area contributed by atoms with Crippen molar-refractivity contribution in [2.75, 3.05) is 19.5 Å². The molecule has 4 rings (SSSR count). The predicted octanol–water partition coefficient (Wildman–Crippen LogP) is 3.77.